The van der Waals surface area contributed by atoms with E-state index in [0.29, 0.717) is 12.1 Å². The molecule has 20 heavy (non-hydrogen) atoms. The predicted molar refractivity (Wildman–Crippen MR) is 74.0 cm³/mol. The molecule has 6 nitrogen and oxygen atoms in total. The summed E-state index contributed by atoms with van der Waals surface area (Å²) < 4.78 is 31.3. The second-order valence-electron chi connectivity index (χ2n) is 4.66. The second-order valence-corrected chi connectivity index (χ2v) is 6.43. The molecule has 1 aromatic rings. The topological polar surface area (TPSA) is 84.5 Å². The molecule has 1 aliphatic heterocycles. The average molecular weight is 298 g/mol. The maximum atomic E-state index is 12.1. The second kappa shape index (κ2) is 6.34. The van der Waals surface area contributed by atoms with Crippen LogP contribution in [0.4, 0.5) is 0 Å². The molecule has 2 rings (SSSR count). The Balaban J connectivity index is 2.03. The summed E-state index contributed by atoms with van der Waals surface area (Å²) in [6.07, 6.45) is 2.05. The van der Waals surface area contributed by atoms with E-state index in [1.807, 2.05) is 0 Å². The Morgan fingerprint density at radius 1 is 1.40 bits per heavy atom. The van der Waals surface area contributed by atoms with Gasteiger partial charge in [-0.05, 0) is 43.7 Å². The van der Waals surface area contributed by atoms with Crippen molar-refractivity contribution < 1.29 is 17.9 Å². The number of benzene rings is 1. The van der Waals surface area contributed by atoms with Gasteiger partial charge in [0, 0.05) is 12.6 Å². The van der Waals surface area contributed by atoms with E-state index in [1.54, 1.807) is 0 Å². The Morgan fingerprint density at radius 2 is 2.10 bits per heavy atom. The van der Waals surface area contributed by atoms with Crippen molar-refractivity contribution in [2.24, 2.45) is 0 Å². The van der Waals surface area contributed by atoms with Crippen LogP contribution in [-0.2, 0) is 14.8 Å². The molecule has 1 aliphatic rings. The van der Waals surface area contributed by atoms with Gasteiger partial charge in [0.2, 0.25) is 10.0 Å². The smallest absolute Gasteiger partial charge is 0.337 e. The third-order valence-electron chi connectivity index (χ3n) is 3.27. The Hall–Kier alpha value is -1.44. The molecule has 1 unspecified atom stereocenters. The molecule has 1 heterocycles. The highest BCUT2D eigenvalue weighted by Crippen LogP contribution is 2.12. The van der Waals surface area contributed by atoms with Crippen molar-refractivity contribution in [3.05, 3.63) is 29.8 Å². The van der Waals surface area contributed by atoms with Gasteiger partial charge in [-0.3, -0.25) is 0 Å². The lowest BCUT2D eigenvalue weighted by Crippen LogP contribution is -2.37. The highest BCUT2D eigenvalue weighted by atomic mass is 32.2. The molecule has 110 valence electrons. The number of sulfonamides is 1. The summed E-state index contributed by atoms with van der Waals surface area (Å²) in [5.74, 6) is -0.489. The Labute approximate surface area is 118 Å². The van der Waals surface area contributed by atoms with Crippen LogP contribution in [0.2, 0.25) is 0 Å². The van der Waals surface area contributed by atoms with Gasteiger partial charge >= 0.3 is 5.97 Å². The molecular formula is C13H18N2O4S. The molecule has 0 aliphatic carbocycles. The molecule has 0 spiro atoms. The molecule has 7 heteroatoms. The van der Waals surface area contributed by atoms with Gasteiger partial charge in [0.15, 0.2) is 0 Å². The van der Waals surface area contributed by atoms with E-state index in [4.69, 9.17) is 0 Å². The standard InChI is InChI=1S/C13H18N2O4S/c1-19-13(16)10-4-6-12(7-5-10)20(17,18)15-9-11-3-2-8-14-11/h4-7,11,14-15H,2-3,8-9H2,1H3. The third-order valence-corrected chi connectivity index (χ3v) is 4.71. The lowest BCUT2D eigenvalue weighted by molar-refractivity contribution is 0.0600. The van der Waals surface area contributed by atoms with Crippen molar-refractivity contribution in [1.82, 2.24) is 10.0 Å². The van der Waals surface area contributed by atoms with Crippen LogP contribution in [0, 0.1) is 0 Å². The SMILES string of the molecule is COC(=O)c1ccc(S(=O)(=O)NCC2CCCN2)cc1. The highest BCUT2D eigenvalue weighted by molar-refractivity contribution is 7.89. The lowest BCUT2D eigenvalue weighted by atomic mass is 10.2. The zero-order valence-electron chi connectivity index (χ0n) is 11.3. The number of ether oxygens (including phenoxy) is 1. The highest BCUT2D eigenvalue weighted by Gasteiger charge is 2.19. The largest absolute Gasteiger partial charge is 0.465 e. The molecule has 1 atom stereocenters. The number of nitrogens with one attached hydrogen (secondary N) is 2. The fourth-order valence-electron chi connectivity index (χ4n) is 2.11. The fraction of sp³-hybridized carbons (Fsp3) is 0.462. The van der Waals surface area contributed by atoms with Crippen molar-refractivity contribution in [2.45, 2.75) is 23.8 Å². The van der Waals surface area contributed by atoms with Crippen molar-refractivity contribution >= 4 is 16.0 Å². The van der Waals surface area contributed by atoms with E-state index in [-0.39, 0.29) is 10.9 Å². The summed E-state index contributed by atoms with van der Waals surface area (Å²) in [5.41, 5.74) is 0.323. The van der Waals surface area contributed by atoms with Crippen LogP contribution in [0.5, 0.6) is 0 Å². The number of rotatable bonds is 5. The fourth-order valence-corrected chi connectivity index (χ4v) is 3.19. The minimum atomic E-state index is -3.54. The van der Waals surface area contributed by atoms with E-state index < -0.39 is 16.0 Å². The van der Waals surface area contributed by atoms with E-state index in [9.17, 15) is 13.2 Å². The molecule has 1 aromatic carbocycles. The molecular weight excluding hydrogens is 280 g/mol. The molecule has 0 bridgehead atoms. The number of hydrogen-bond acceptors (Lipinski definition) is 5. The van der Waals surface area contributed by atoms with Crippen LogP contribution in [0.1, 0.15) is 23.2 Å². The molecule has 0 amide bonds. The van der Waals surface area contributed by atoms with Gasteiger partial charge in [-0.2, -0.15) is 0 Å². The average Bonchev–Trinajstić information content (AvgIpc) is 2.98. The minimum Gasteiger partial charge on any atom is -0.465 e. The Kier molecular flexibility index (Phi) is 4.74. The predicted octanol–water partition coefficient (Wildman–Crippen LogP) is 0.503. The summed E-state index contributed by atoms with van der Waals surface area (Å²) in [7, 11) is -2.26. The number of carbonyl (C=O) groups is 1. The van der Waals surface area contributed by atoms with Gasteiger partial charge in [0.1, 0.15) is 0 Å². The van der Waals surface area contributed by atoms with E-state index >= 15 is 0 Å². The summed E-state index contributed by atoms with van der Waals surface area (Å²) in [4.78, 5) is 11.4. The monoisotopic (exact) mass is 298 g/mol. The van der Waals surface area contributed by atoms with Gasteiger partial charge < -0.3 is 10.1 Å². The van der Waals surface area contributed by atoms with Gasteiger partial charge in [0.05, 0.1) is 17.6 Å². The lowest BCUT2D eigenvalue weighted by Gasteiger charge is -2.12. The van der Waals surface area contributed by atoms with E-state index in [1.165, 1.54) is 31.4 Å². The maximum Gasteiger partial charge on any atom is 0.337 e. The normalized spacial score (nSPS) is 18.9. The number of carbonyl (C=O) groups excluding carboxylic acids is 1. The van der Waals surface area contributed by atoms with Crippen LogP contribution < -0.4 is 10.0 Å². The first-order valence-corrected chi connectivity index (χ1v) is 7.92. The molecule has 0 saturated carbocycles. The molecule has 1 saturated heterocycles. The number of methoxy groups -OCH3 is 1. The number of hydrogen-bond donors (Lipinski definition) is 2. The summed E-state index contributed by atoms with van der Waals surface area (Å²) in [6.45, 7) is 1.31. The zero-order valence-corrected chi connectivity index (χ0v) is 12.1. The first-order valence-electron chi connectivity index (χ1n) is 6.44. The van der Waals surface area contributed by atoms with Crippen molar-refractivity contribution in [2.75, 3.05) is 20.2 Å². The van der Waals surface area contributed by atoms with Gasteiger partial charge in [-0.1, -0.05) is 0 Å². The van der Waals surface area contributed by atoms with Crippen molar-refractivity contribution in [3.8, 4) is 0 Å². The van der Waals surface area contributed by atoms with Gasteiger partial charge in [-0.25, -0.2) is 17.9 Å². The Bertz CT molecular complexity index is 563. The number of esters is 1. The van der Waals surface area contributed by atoms with Crippen molar-refractivity contribution in [3.63, 3.8) is 0 Å². The zero-order chi connectivity index (χ0) is 14.6. The van der Waals surface area contributed by atoms with Crippen LogP contribution in [0.15, 0.2) is 29.2 Å². The maximum absolute atomic E-state index is 12.1. The summed E-state index contributed by atoms with van der Waals surface area (Å²) in [6, 6.07) is 5.87. The summed E-state index contributed by atoms with van der Waals surface area (Å²) >= 11 is 0. The van der Waals surface area contributed by atoms with Crippen LogP contribution >= 0.6 is 0 Å². The minimum absolute atomic E-state index is 0.142. The molecule has 1 fully saturated rings. The quantitative estimate of drug-likeness (QED) is 0.774. The molecule has 0 aromatic heterocycles. The van der Waals surface area contributed by atoms with Crippen LogP contribution in [-0.4, -0.2) is 40.6 Å². The Morgan fingerprint density at radius 3 is 2.65 bits per heavy atom. The van der Waals surface area contributed by atoms with E-state index in [2.05, 4.69) is 14.8 Å². The molecule has 2 N–H and O–H groups in total. The third kappa shape index (κ3) is 3.56. The molecule has 0 radical (unpaired) electrons. The van der Waals surface area contributed by atoms with E-state index in [0.717, 1.165) is 19.4 Å². The first-order chi connectivity index (χ1) is 9.53. The summed E-state index contributed by atoms with van der Waals surface area (Å²) in [5, 5.41) is 3.22. The van der Waals surface area contributed by atoms with Crippen LogP contribution in [0.25, 0.3) is 0 Å². The van der Waals surface area contributed by atoms with Gasteiger partial charge in [-0.15, -0.1) is 0 Å². The first kappa shape index (κ1) is 15.0. The van der Waals surface area contributed by atoms with Crippen LogP contribution in [0.3, 0.4) is 0 Å². The van der Waals surface area contributed by atoms with Gasteiger partial charge in [0.25, 0.3) is 0 Å². The van der Waals surface area contributed by atoms with Crippen molar-refractivity contribution in [1.29, 1.82) is 0 Å².